The first-order valence-electron chi connectivity index (χ1n) is 7.00. The lowest BCUT2D eigenvalue weighted by Gasteiger charge is -2.23. The van der Waals surface area contributed by atoms with Crippen LogP contribution in [0.5, 0.6) is 0 Å². The smallest absolute Gasteiger partial charge is 0.0991 e. The molecule has 0 spiro atoms. The number of ether oxygens (including phenoxy) is 2. The summed E-state index contributed by atoms with van der Waals surface area (Å²) in [7, 11) is 0. The minimum absolute atomic E-state index is 0.0192. The van der Waals surface area contributed by atoms with Gasteiger partial charge in [0.2, 0.25) is 0 Å². The molecule has 1 aromatic rings. The Morgan fingerprint density at radius 3 is 2.68 bits per heavy atom. The van der Waals surface area contributed by atoms with E-state index in [-0.39, 0.29) is 12.1 Å². The van der Waals surface area contributed by atoms with Crippen LogP contribution in [0.3, 0.4) is 0 Å². The summed E-state index contributed by atoms with van der Waals surface area (Å²) in [6, 6.07) is 3.89. The first-order chi connectivity index (χ1) is 9.15. The van der Waals surface area contributed by atoms with Gasteiger partial charge in [-0.25, -0.2) is 0 Å². The van der Waals surface area contributed by atoms with E-state index in [4.69, 9.17) is 15.2 Å². The fraction of sp³-hybridized carbons (Fsp3) is 0.667. The van der Waals surface area contributed by atoms with Crippen LogP contribution in [0, 0.1) is 5.92 Å². The van der Waals surface area contributed by atoms with E-state index in [1.807, 2.05) is 18.3 Å². The highest BCUT2D eigenvalue weighted by molar-refractivity contribution is 5.14. The number of aromatic nitrogens is 1. The molecule has 0 aromatic carbocycles. The highest BCUT2D eigenvalue weighted by Gasteiger charge is 2.19. The molecule has 0 radical (unpaired) electrons. The van der Waals surface area contributed by atoms with E-state index in [2.05, 4.69) is 25.8 Å². The molecular formula is C15H26N2O2. The third-order valence-electron chi connectivity index (χ3n) is 2.85. The van der Waals surface area contributed by atoms with Crippen molar-refractivity contribution in [2.45, 2.75) is 39.3 Å². The van der Waals surface area contributed by atoms with Crippen molar-refractivity contribution in [2.24, 2.45) is 11.7 Å². The fourth-order valence-electron chi connectivity index (χ4n) is 1.78. The molecule has 4 nitrogen and oxygen atoms in total. The number of hydrogen-bond donors (Lipinski definition) is 1. The van der Waals surface area contributed by atoms with Crippen LogP contribution in [0.15, 0.2) is 24.5 Å². The van der Waals surface area contributed by atoms with Gasteiger partial charge in [0.25, 0.3) is 0 Å². The van der Waals surface area contributed by atoms with Crippen molar-refractivity contribution in [3.8, 4) is 0 Å². The summed E-state index contributed by atoms with van der Waals surface area (Å²) in [4.78, 5) is 4.12. The molecule has 0 fully saturated rings. The monoisotopic (exact) mass is 266 g/mol. The minimum Gasteiger partial charge on any atom is -0.379 e. The van der Waals surface area contributed by atoms with Crippen molar-refractivity contribution in [1.82, 2.24) is 4.98 Å². The lowest BCUT2D eigenvalue weighted by Crippen LogP contribution is -2.30. The van der Waals surface area contributed by atoms with E-state index in [1.165, 1.54) is 0 Å². The van der Waals surface area contributed by atoms with Gasteiger partial charge in [-0.2, -0.15) is 0 Å². The van der Waals surface area contributed by atoms with Crippen molar-refractivity contribution in [3.63, 3.8) is 0 Å². The highest BCUT2D eigenvalue weighted by atomic mass is 16.5. The van der Waals surface area contributed by atoms with Crippen molar-refractivity contribution < 1.29 is 9.47 Å². The average molecular weight is 266 g/mol. The topological polar surface area (TPSA) is 57.4 Å². The first-order valence-corrected chi connectivity index (χ1v) is 7.00. The van der Waals surface area contributed by atoms with Crippen LogP contribution >= 0.6 is 0 Å². The number of rotatable bonds is 9. The van der Waals surface area contributed by atoms with Gasteiger partial charge >= 0.3 is 0 Å². The van der Waals surface area contributed by atoms with Crippen LogP contribution in [0.4, 0.5) is 0 Å². The minimum atomic E-state index is -0.110. The Balaban J connectivity index is 2.43. The Hall–Kier alpha value is -0.970. The third-order valence-corrected chi connectivity index (χ3v) is 2.85. The average Bonchev–Trinajstić information content (AvgIpc) is 2.42. The molecule has 0 aliphatic rings. The van der Waals surface area contributed by atoms with Gasteiger partial charge in [0, 0.05) is 30.6 Å². The zero-order valence-electron chi connectivity index (χ0n) is 12.2. The standard InChI is InChI=1S/C15H26N2O2/c1-4-14(16)15(13-6-5-7-17-10-13)19-9-8-18-11-12(2)3/h5-7,10,12,14-15H,4,8-9,11,16H2,1-3H3. The molecule has 108 valence electrons. The number of pyridine rings is 1. The maximum Gasteiger partial charge on any atom is 0.0991 e. The van der Waals surface area contributed by atoms with Crippen molar-refractivity contribution in [3.05, 3.63) is 30.1 Å². The molecule has 0 aliphatic heterocycles. The number of nitrogens with two attached hydrogens (primary N) is 1. The first kappa shape index (κ1) is 16.1. The zero-order chi connectivity index (χ0) is 14.1. The zero-order valence-corrected chi connectivity index (χ0v) is 12.2. The molecule has 4 heteroatoms. The van der Waals surface area contributed by atoms with Crippen LogP contribution in [0.25, 0.3) is 0 Å². The van der Waals surface area contributed by atoms with Crippen LogP contribution in [-0.4, -0.2) is 30.8 Å². The van der Waals surface area contributed by atoms with E-state index in [1.54, 1.807) is 6.20 Å². The Morgan fingerprint density at radius 1 is 1.32 bits per heavy atom. The molecule has 2 N–H and O–H groups in total. The quantitative estimate of drug-likeness (QED) is 0.698. The second-order valence-electron chi connectivity index (χ2n) is 5.12. The number of nitrogens with zero attached hydrogens (tertiary/aromatic N) is 1. The summed E-state index contributed by atoms with van der Waals surface area (Å²) >= 11 is 0. The Bertz CT molecular complexity index is 330. The summed E-state index contributed by atoms with van der Waals surface area (Å²) in [5.41, 5.74) is 7.15. The molecule has 1 heterocycles. The maximum atomic E-state index is 6.12. The van der Waals surface area contributed by atoms with E-state index >= 15 is 0 Å². The molecule has 1 aromatic heterocycles. The molecule has 0 saturated heterocycles. The Labute approximate surface area is 116 Å². The van der Waals surface area contributed by atoms with Gasteiger partial charge in [-0.1, -0.05) is 26.8 Å². The molecule has 0 bridgehead atoms. The molecule has 0 aliphatic carbocycles. The SMILES string of the molecule is CCC(N)C(OCCOCC(C)C)c1cccnc1. The van der Waals surface area contributed by atoms with E-state index in [9.17, 15) is 0 Å². The van der Waals surface area contributed by atoms with Gasteiger partial charge < -0.3 is 15.2 Å². The normalized spacial score (nSPS) is 14.6. The van der Waals surface area contributed by atoms with Crippen LogP contribution < -0.4 is 5.73 Å². The third kappa shape index (κ3) is 6.14. The second-order valence-corrected chi connectivity index (χ2v) is 5.12. The molecule has 2 unspecified atom stereocenters. The van der Waals surface area contributed by atoms with Gasteiger partial charge in [0.1, 0.15) is 0 Å². The fourth-order valence-corrected chi connectivity index (χ4v) is 1.78. The summed E-state index contributed by atoms with van der Waals surface area (Å²) in [5.74, 6) is 0.548. The molecule has 0 amide bonds. The van der Waals surface area contributed by atoms with Crippen LogP contribution in [0.2, 0.25) is 0 Å². The van der Waals surface area contributed by atoms with Crippen molar-refractivity contribution >= 4 is 0 Å². The summed E-state index contributed by atoms with van der Waals surface area (Å²) in [6.45, 7) is 8.25. The predicted octanol–water partition coefficient (Wildman–Crippen LogP) is 2.55. The lowest BCUT2D eigenvalue weighted by molar-refractivity contribution is -0.0124. The van der Waals surface area contributed by atoms with Gasteiger partial charge in [0.05, 0.1) is 19.3 Å². The highest BCUT2D eigenvalue weighted by Crippen LogP contribution is 2.20. The van der Waals surface area contributed by atoms with Crippen molar-refractivity contribution in [1.29, 1.82) is 0 Å². The second kappa shape index (κ2) is 9.02. The predicted molar refractivity (Wildman–Crippen MR) is 76.9 cm³/mol. The van der Waals surface area contributed by atoms with E-state index < -0.39 is 0 Å². The summed E-state index contributed by atoms with van der Waals surface area (Å²) in [6.07, 6.45) is 4.33. The van der Waals surface area contributed by atoms with Gasteiger partial charge in [-0.15, -0.1) is 0 Å². The molecule has 0 saturated carbocycles. The number of hydrogen-bond acceptors (Lipinski definition) is 4. The molecule has 19 heavy (non-hydrogen) atoms. The summed E-state index contributed by atoms with van der Waals surface area (Å²) < 4.78 is 11.4. The Morgan fingerprint density at radius 2 is 2.11 bits per heavy atom. The molecular weight excluding hydrogens is 240 g/mol. The van der Waals surface area contributed by atoms with Crippen LogP contribution in [0.1, 0.15) is 38.9 Å². The largest absolute Gasteiger partial charge is 0.379 e. The van der Waals surface area contributed by atoms with Crippen molar-refractivity contribution in [2.75, 3.05) is 19.8 Å². The van der Waals surface area contributed by atoms with Gasteiger partial charge in [0.15, 0.2) is 0 Å². The maximum absolute atomic E-state index is 6.12. The molecule has 1 rings (SSSR count). The lowest BCUT2D eigenvalue weighted by atomic mass is 10.0. The Kier molecular flexibility index (Phi) is 7.63. The summed E-state index contributed by atoms with van der Waals surface area (Å²) in [5, 5.41) is 0. The van der Waals surface area contributed by atoms with Gasteiger partial charge in [-0.3, -0.25) is 4.98 Å². The molecule has 2 atom stereocenters. The van der Waals surface area contributed by atoms with Crippen LogP contribution in [-0.2, 0) is 9.47 Å². The van der Waals surface area contributed by atoms with E-state index in [0.29, 0.717) is 19.1 Å². The van der Waals surface area contributed by atoms with E-state index in [0.717, 1.165) is 18.6 Å². The van der Waals surface area contributed by atoms with Gasteiger partial charge in [-0.05, 0) is 18.4 Å².